The quantitative estimate of drug-likeness (QED) is 0.691. The van der Waals surface area contributed by atoms with Gasteiger partial charge in [0.05, 0.1) is 14.2 Å². The highest BCUT2D eigenvalue weighted by Crippen LogP contribution is 2.14. The van der Waals surface area contributed by atoms with Crippen LogP contribution in [0.4, 0.5) is 0 Å². The summed E-state index contributed by atoms with van der Waals surface area (Å²) in [6.45, 7) is 0. The van der Waals surface area contributed by atoms with Crippen LogP contribution in [0.1, 0.15) is 10.5 Å². The number of pyridine rings is 1. The van der Waals surface area contributed by atoms with Gasteiger partial charge in [-0.1, -0.05) is 0 Å². The average molecular weight is 206 g/mol. The molecule has 0 bridgehead atoms. The van der Waals surface area contributed by atoms with E-state index in [1.807, 2.05) is 0 Å². The molecule has 0 amide bonds. The van der Waals surface area contributed by atoms with E-state index in [1.165, 1.54) is 7.11 Å². The molecule has 0 unspecified atom stereocenters. The van der Waals surface area contributed by atoms with Crippen molar-refractivity contribution in [2.75, 3.05) is 14.2 Å². The van der Waals surface area contributed by atoms with Crippen LogP contribution in [0.5, 0.6) is 5.75 Å². The maximum atomic E-state index is 11.2. The van der Waals surface area contributed by atoms with E-state index in [-0.39, 0.29) is 5.69 Å². The molecule has 5 nitrogen and oxygen atoms in total. The predicted octanol–water partition coefficient (Wildman–Crippen LogP) is 1.13. The molecule has 0 N–H and O–H groups in total. The second kappa shape index (κ2) is 3.61. The van der Waals surface area contributed by atoms with Crippen LogP contribution in [0.3, 0.4) is 0 Å². The molecule has 2 aromatic heterocycles. The highest BCUT2D eigenvalue weighted by atomic mass is 16.5. The van der Waals surface area contributed by atoms with Crippen molar-refractivity contribution in [2.45, 2.75) is 0 Å². The Hall–Kier alpha value is -2.04. The van der Waals surface area contributed by atoms with Crippen molar-refractivity contribution in [1.82, 2.24) is 9.38 Å². The van der Waals surface area contributed by atoms with Gasteiger partial charge in [-0.25, -0.2) is 9.78 Å². The Bertz CT molecular complexity index is 504. The highest BCUT2D eigenvalue weighted by Gasteiger charge is 2.10. The Balaban J connectivity index is 2.51. The van der Waals surface area contributed by atoms with Gasteiger partial charge in [0.25, 0.3) is 0 Å². The monoisotopic (exact) mass is 206 g/mol. The SMILES string of the molecule is COC(=O)c1cn2ccc(OC)cc2n1. The van der Waals surface area contributed by atoms with Crippen LogP contribution < -0.4 is 4.74 Å². The van der Waals surface area contributed by atoms with E-state index in [9.17, 15) is 4.79 Å². The van der Waals surface area contributed by atoms with Crippen LogP contribution >= 0.6 is 0 Å². The van der Waals surface area contributed by atoms with Gasteiger partial charge in [0.1, 0.15) is 11.4 Å². The van der Waals surface area contributed by atoms with Crippen LogP contribution in [0.25, 0.3) is 5.65 Å². The molecule has 2 heterocycles. The van der Waals surface area contributed by atoms with Crippen molar-refractivity contribution in [3.63, 3.8) is 0 Å². The van der Waals surface area contributed by atoms with E-state index in [4.69, 9.17) is 4.74 Å². The van der Waals surface area contributed by atoms with Gasteiger partial charge < -0.3 is 13.9 Å². The summed E-state index contributed by atoms with van der Waals surface area (Å²) in [5.74, 6) is 0.252. The number of ether oxygens (including phenoxy) is 2. The molecule has 0 aromatic carbocycles. The minimum atomic E-state index is -0.447. The number of carbonyl (C=O) groups is 1. The zero-order valence-electron chi connectivity index (χ0n) is 8.43. The van der Waals surface area contributed by atoms with Crippen molar-refractivity contribution < 1.29 is 14.3 Å². The standard InChI is InChI=1S/C10H10N2O3/c1-14-7-3-4-12-6-8(10(13)15-2)11-9(12)5-7/h3-6H,1-2H3. The summed E-state index contributed by atoms with van der Waals surface area (Å²) < 4.78 is 11.4. The molecule has 5 heteroatoms. The fraction of sp³-hybridized carbons (Fsp3) is 0.200. The number of aromatic nitrogens is 2. The fourth-order valence-electron chi connectivity index (χ4n) is 1.29. The van der Waals surface area contributed by atoms with Crippen LogP contribution in [-0.4, -0.2) is 29.6 Å². The summed E-state index contributed by atoms with van der Waals surface area (Å²) >= 11 is 0. The molecule has 0 radical (unpaired) electrons. The Morgan fingerprint density at radius 3 is 2.93 bits per heavy atom. The summed E-state index contributed by atoms with van der Waals surface area (Å²) in [7, 11) is 2.91. The first kappa shape index (κ1) is 9.51. The van der Waals surface area contributed by atoms with Gasteiger partial charge in [-0.05, 0) is 6.07 Å². The number of rotatable bonds is 2. The molecule has 0 saturated carbocycles. The van der Waals surface area contributed by atoms with Crippen molar-refractivity contribution in [1.29, 1.82) is 0 Å². The zero-order chi connectivity index (χ0) is 10.8. The molecule has 0 spiro atoms. The van der Waals surface area contributed by atoms with Gasteiger partial charge >= 0.3 is 5.97 Å². The summed E-state index contributed by atoms with van der Waals surface area (Å²) in [6.07, 6.45) is 3.38. The molecule has 78 valence electrons. The normalized spacial score (nSPS) is 10.3. The van der Waals surface area contributed by atoms with Gasteiger partial charge in [-0.3, -0.25) is 0 Å². The molecule has 0 aliphatic carbocycles. The van der Waals surface area contributed by atoms with Crippen LogP contribution in [-0.2, 0) is 4.74 Å². The fourth-order valence-corrected chi connectivity index (χ4v) is 1.29. The smallest absolute Gasteiger partial charge is 0.358 e. The highest BCUT2D eigenvalue weighted by molar-refractivity contribution is 5.87. The van der Waals surface area contributed by atoms with Gasteiger partial charge in [-0.15, -0.1) is 0 Å². The first-order chi connectivity index (χ1) is 7.24. The Kier molecular flexibility index (Phi) is 2.29. The predicted molar refractivity (Wildman–Crippen MR) is 53.1 cm³/mol. The van der Waals surface area contributed by atoms with Crippen molar-refractivity contribution in [3.05, 3.63) is 30.2 Å². The van der Waals surface area contributed by atoms with Crippen LogP contribution in [0.2, 0.25) is 0 Å². The largest absolute Gasteiger partial charge is 0.497 e. The van der Waals surface area contributed by atoms with E-state index < -0.39 is 5.97 Å². The van der Waals surface area contributed by atoms with E-state index in [0.29, 0.717) is 11.4 Å². The number of hydrogen-bond acceptors (Lipinski definition) is 4. The maximum absolute atomic E-state index is 11.2. The van der Waals surface area contributed by atoms with E-state index >= 15 is 0 Å². The first-order valence-electron chi connectivity index (χ1n) is 4.35. The van der Waals surface area contributed by atoms with Gasteiger partial charge in [0, 0.05) is 18.5 Å². The van der Waals surface area contributed by atoms with Crippen molar-refractivity contribution in [2.24, 2.45) is 0 Å². The third-order valence-electron chi connectivity index (χ3n) is 2.06. The topological polar surface area (TPSA) is 52.8 Å². The Morgan fingerprint density at radius 2 is 2.27 bits per heavy atom. The second-order valence-corrected chi connectivity index (χ2v) is 2.95. The average Bonchev–Trinajstić information content (AvgIpc) is 2.70. The number of carbonyl (C=O) groups excluding carboxylic acids is 1. The van der Waals surface area contributed by atoms with E-state index in [0.717, 1.165) is 0 Å². The number of fused-ring (bicyclic) bond motifs is 1. The number of esters is 1. The van der Waals surface area contributed by atoms with Crippen molar-refractivity contribution in [3.8, 4) is 5.75 Å². The maximum Gasteiger partial charge on any atom is 0.358 e. The van der Waals surface area contributed by atoms with Crippen LogP contribution in [0, 0.1) is 0 Å². The lowest BCUT2D eigenvalue weighted by molar-refractivity contribution is 0.0595. The van der Waals surface area contributed by atoms with Gasteiger partial charge in [-0.2, -0.15) is 0 Å². The summed E-state index contributed by atoms with van der Waals surface area (Å²) in [5.41, 5.74) is 0.931. The van der Waals surface area contributed by atoms with Gasteiger partial charge in [0.2, 0.25) is 0 Å². The molecule has 15 heavy (non-hydrogen) atoms. The summed E-state index contributed by atoms with van der Waals surface area (Å²) in [4.78, 5) is 15.3. The minimum absolute atomic E-state index is 0.283. The van der Waals surface area contributed by atoms with Gasteiger partial charge in [0.15, 0.2) is 5.69 Å². The third kappa shape index (κ3) is 1.63. The second-order valence-electron chi connectivity index (χ2n) is 2.95. The zero-order valence-corrected chi connectivity index (χ0v) is 8.43. The van der Waals surface area contributed by atoms with Crippen molar-refractivity contribution >= 4 is 11.6 Å². The molecule has 0 aliphatic heterocycles. The molecule has 0 aliphatic rings. The molecule has 0 atom stereocenters. The third-order valence-corrected chi connectivity index (χ3v) is 2.06. The molecule has 2 rings (SSSR count). The lowest BCUT2D eigenvalue weighted by Gasteiger charge is -1.98. The number of imidazole rings is 1. The number of methoxy groups -OCH3 is 2. The molecule has 2 aromatic rings. The van der Waals surface area contributed by atoms with E-state index in [2.05, 4.69) is 9.72 Å². The number of nitrogens with zero attached hydrogens (tertiary/aromatic N) is 2. The minimum Gasteiger partial charge on any atom is -0.497 e. The Morgan fingerprint density at radius 1 is 1.47 bits per heavy atom. The molecular formula is C10H10N2O3. The molecule has 0 saturated heterocycles. The Labute approximate surface area is 86.3 Å². The van der Waals surface area contributed by atoms with Crippen LogP contribution in [0.15, 0.2) is 24.5 Å². The number of hydrogen-bond donors (Lipinski definition) is 0. The van der Waals surface area contributed by atoms with E-state index in [1.54, 1.807) is 36.0 Å². The molecule has 0 fully saturated rings. The molecular weight excluding hydrogens is 196 g/mol. The lowest BCUT2D eigenvalue weighted by atomic mass is 10.4. The first-order valence-corrected chi connectivity index (χ1v) is 4.35. The lowest BCUT2D eigenvalue weighted by Crippen LogP contribution is -2.00. The summed E-state index contributed by atoms with van der Waals surface area (Å²) in [5, 5.41) is 0. The summed E-state index contributed by atoms with van der Waals surface area (Å²) in [6, 6.07) is 3.53.